The van der Waals surface area contributed by atoms with Crippen LogP contribution in [0, 0.1) is 0 Å². The smallest absolute Gasteiger partial charge is 0.305 e. The largest absolute Gasteiger partial charge is 0.660 e. The number of hydrogen-bond acceptors (Lipinski definition) is 6. The number of carbonyl (C=O) groups excluding carboxylic acids is 1. The Labute approximate surface area is 91.4 Å². The van der Waals surface area contributed by atoms with Crippen LogP contribution in [0.1, 0.15) is 6.92 Å². The molecule has 1 saturated heterocycles. The predicted molar refractivity (Wildman–Crippen MR) is 50.1 cm³/mol. The lowest BCUT2D eigenvalue weighted by Crippen LogP contribution is -2.65. The van der Waals surface area contributed by atoms with E-state index in [0.29, 0.717) is 19.7 Å². The zero-order valence-corrected chi connectivity index (χ0v) is 8.75. The maximum absolute atomic E-state index is 10.8. The van der Waals surface area contributed by atoms with Crippen molar-refractivity contribution in [1.29, 1.82) is 0 Å². The molecule has 1 aliphatic rings. The van der Waals surface area contributed by atoms with Crippen molar-refractivity contribution in [2.45, 2.75) is 13.2 Å². The van der Waals surface area contributed by atoms with Crippen molar-refractivity contribution < 1.29 is 23.6 Å². The van der Waals surface area contributed by atoms with Crippen LogP contribution in [0.2, 0.25) is 0 Å². The van der Waals surface area contributed by atoms with E-state index in [1.165, 1.54) is 17.9 Å². The molecular formula is C8H12N4O4. The lowest BCUT2D eigenvalue weighted by atomic mass is 10.5. The molecule has 16 heavy (non-hydrogen) atoms. The van der Waals surface area contributed by atoms with E-state index in [-0.39, 0.29) is 5.88 Å². The molecule has 8 nitrogen and oxygen atoms in total. The van der Waals surface area contributed by atoms with Gasteiger partial charge in [-0.15, -0.1) is 5.01 Å². The number of nitrogens with zero attached hydrogens (tertiary/aromatic N) is 3. The number of ether oxygens (including phenoxy) is 2. The number of aromatic nitrogens is 2. The summed E-state index contributed by atoms with van der Waals surface area (Å²) < 4.78 is 14.8. The highest BCUT2D eigenvalue weighted by Crippen LogP contribution is 2.05. The van der Waals surface area contributed by atoms with E-state index in [9.17, 15) is 4.79 Å². The molecule has 1 N–H and O–H groups in total. The van der Waals surface area contributed by atoms with Crippen molar-refractivity contribution in [1.82, 2.24) is 5.27 Å². The van der Waals surface area contributed by atoms with Gasteiger partial charge in [0, 0.05) is 6.92 Å². The zero-order chi connectivity index (χ0) is 11.5. The van der Waals surface area contributed by atoms with E-state index in [1.807, 2.05) is 0 Å². The van der Waals surface area contributed by atoms with Crippen molar-refractivity contribution in [3.63, 3.8) is 0 Å². The van der Waals surface area contributed by atoms with Crippen molar-refractivity contribution in [2.24, 2.45) is 0 Å². The molecule has 2 rings (SSSR count). The summed E-state index contributed by atoms with van der Waals surface area (Å²) in [5, 5.41) is 5.40. The molecular weight excluding hydrogens is 216 g/mol. The molecule has 1 unspecified atom stereocenters. The van der Waals surface area contributed by atoms with Crippen LogP contribution in [-0.4, -0.2) is 37.2 Å². The van der Waals surface area contributed by atoms with E-state index < -0.39 is 12.3 Å². The maximum atomic E-state index is 10.8. The third-order valence-electron chi connectivity index (χ3n) is 2.06. The van der Waals surface area contributed by atoms with Crippen LogP contribution in [0.3, 0.4) is 0 Å². The van der Waals surface area contributed by atoms with Crippen molar-refractivity contribution >= 4 is 11.9 Å². The summed E-state index contributed by atoms with van der Waals surface area (Å²) in [6.45, 7) is 2.70. The van der Waals surface area contributed by atoms with E-state index in [4.69, 9.17) is 15.2 Å². The number of morpholine rings is 1. The Morgan fingerprint density at radius 1 is 1.81 bits per heavy atom. The molecule has 0 spiro atoms. The molecule has 0 aliphatic carbocycles. The number of carbonyl (C=O) groups is 1. The first-order valence-electron chi connectivity index (χ1n) is 4.79. The highest BCUT2D eigenvalue weighted by molar-refractivity contribution is 5.66. The third kappa shape index (κ3) is 2.40. The third-order valence-corrected chi connectivity index (χ3v) is 2.06. The minimum Gasteiger partial charge on any atom is -0.660 e. The second-order valence-corrected chi connectivity index (χ2v) is 3.31. The van der Waals surface area contributed by atoms with Crippen molar-refractivity contribution in [3.8, 4) is 0 Å². The standard InChI is InChI=1S/C8H12N4O4/c1-6(13)15-8-5-11(2-3-14-8)12-4-7(9)16-10-12/h4,8H,2-3,5H2,1H3,(H-,9,10). The molecule has 1 atom stereocenters. The first kappa shape index (κ1) is 10.7. The fraction of sp³-hybridized carbons (Fsp3) is 0.625. The molecule has 1 fully saturated rings. The second-order valence-electron chi connectivity index (χ2n) is 3.31. The normalized spacial score (nSPS) is 20.8. The Morgan fingerprint density at radius 3 is 3.25 bits per heavy atom. The average molecular weight is 228 g/mol. The van der Waals surface area contributed by atoms with Crippen LogP contribution in [0.25, 0.3) is 5.73 Å². The van der Waals surface area contributed by atoms with Crippen LogP contribution in [0.4, 0.5) is 5.88 Å². The van der Waals surface area contributed by atoms with Crippen LogP contribution in [0.15, 0.2) is 10.7 Å². The van der Waals surface area contributed by atoms with Gasteiger partial charge in [0.25, 0.3) is 6.20 Å². The molecule has 0 saturated carbocycles. The SMILES string of the molecule is CC(=O)OC1CN([n+]2cc([NH-])on2)CCO1. The summed E-state index contributed by atoms with van der Waals surface area (Å²) in [7, 11) is 0. The predicted octanol–water partition coefficient (Wildman–Crippen LogP) is -0.497. The molecule has 8 heteroatoms. The Kier molecular flexibility index (Phi) is 2.91. The van der Waals surface area contributed by atoms with Gasteiger partial charge in [-0.3, -0.25) is 4.79 Å². The second kappa shape index (κ2) is 4.35. The fourth-order valence-electron chi connectivity index (χ4n) is 1.42. The summed E-state index contributed by atoms with van der Waals surface area (Å²) in [4.78, 5) is 12.2. The first-order chi connectivity index (χ1) is 7.65. The summed E-state index contributed by atoms with van der Waals surface area (Å²) in [6, 6.07) is 0. The van der Waals surface area contributed by atoms with Crippen LogP contribution < -0.4 is 9.80 Å². The lowest BCUT2D eigenvalue weighted by Gasteiger charge is -2.26. The van der Waals surface area contributed by atoms with E-state index in [1.54, 1.807) is 5.01 Å². The van der Waals surface area contributed by atoms with Crippen LogP contribution in [0.5, 0.6) is 0 Å². The molecule has 0 amide bonds. The van der Waals surface area contributed by atoms with Gasteiger partial charge in [-0.25, -0.2) is 0 Å². The topological polar surface area (TPSA) is 92.5 Å². The van der Waals surface area contributed by atoms with Gasteiger partial charge in [0.1, 0.15) is 12.4 Å². The van der Waals surface area contributed by atoms with Gasteiger partial charge in [0.05, 0.1) is 17.9 Å². The number of esters is 1. The maximum Gasteiger partial charge on any atom is 0.305 e. The highest BCUT2D eigenvalue weighted by atomic mass is 16.7. The Morgan fingerprint density at radius 2 is 2.62 bits per heavy atom. The van der Waals surface area contributed by atoms with Crippen molar-refractivity contribution in [2.75, 3.05) is 24.7 Å². The molecule has 0 bridgehead atoms. The van der Waals surface area contributed by atoms with Gasteiger partial charge in [-0.1, -0.05) is 0 Å². The number of hydrogen-bond donors (Lipinski definition) is 0. The quantitative estimate of drug-likeness (QED) is 0.500. The van der Waals surface area contributed by atoms with Gasteiger partial charge in [0.15, 0.2) is 0 Å². The Hall–Kier alpha value is -1.83. The van der Waals surface area contributed by atoms with Gasteiger partial charge in [-0.2, -0.15) is 0 Å². The summed E-state index contributed by atoms with van der Waals surface area (Å²) in [5.74, 6) is -0.422. The van der Waals surface area contributed by atoms with Crippen molar-refractivity contribution in [3.05, 3.63) is 11.9 Å². The van der Waals surface area contributed by atoms with Gasteiger partial charge >= 0.3 is 5.97 Å². The van der Waals surface area contributed by atoms with Gasteiger partial charge in [-0.05, 0) is 0 Å². The number of rotatable bonds is 2. The van der Waals surface area contributed by atoms with Gasteiger partial charge in [0.2, 0.25) is 11.6 Å². The fourth-order valence-corrected chi connectivity index (χ4v) is 1.42. The number of nitrogens with one attached hydrogen (secondary N) is 1. The molecule has 0 radical (unpaired) electrons. The average Bonchev–Trinajstić information content (AvgIpc) is 2.64. The minimum atomic E-state index is -0.607. The zero-order valence-electron chi connectivity index (χ0n) is 8.75. The summed E-state index contributed by atoms with van der Waals surface area (Å²) >= 11 is 0. The lowest BCUT2D eigenvalue weighted by molar-refractivity contribution is -0.761. The Balaban J connectivity index is 1.99. The van der Waals surface area contributed by atoms with E-state index >= 15 is 0 Å². The molecule has 88 valence electrons. The summed E-state index contributed by atoms with van der Waals surface area (Å²) in [5.41, 5.74) is 7.20. The first-order valence-corrected chi connectivity index (χ1v) is 4.79. The monoisotopic (exact) mass is 228 g/mol. The molecule has 1 aliphatic heterocycles. The van der Waals surface area contributed by atoms with Gasteiger partial charge < -0.3 is 19.7 Å². The van der Waals surface area contributed by atoms with E-state index in [0.717, 1.165) is 0 Å². The molecule has 0 aromatic carbocycles. The molecule has 1 aromatic rings. The molecule has 2 heterocycles. The minimum absolute atomic E-state index is 0.0319. The highest BCUT2D eigenvalue weighted by Gasteiger charge is 2.29. The van der Waals surface area contributed by atoms with E-state index in [2.05, 4.69) is 9.79 Å². The summed E-state index contributed by atoms with van der Waals surface area (Å²) in [6.07, 6.45) is 0.820. The van der Waals surface area contributed by atoms with Crippen LogP contribution >= 0.6 is 0 Å². The Bertz CT molecular complexity index is 380. The molecule has 1 aromatic heterocycles. The van der Waals surface area contributed by atoms with Crippen LogP contribution in [-0.2, 0) is 14.3 Å².